The Bertz CT molecular complexity index is 643. The molecule has 0 spiro atoms. The molecule has 2 unspecified atom stereocenters. The fourth-order valence-corrected chi connectivity index (χ4v) is 4.72. The van der Waals surface area contributed by atoms with Gasteiger partial charge in [-0.1, -0.05) is 19.1 Å². The number of rotatable bonds is 4. The van der Waals surface area contributed by atoms with Crippen LogP contribution in [0.15, 0.2) is 29.2 Å². The zero-order chi connectivity index (χ0) is 17.8. The largest absolute Gasteiger partial charge is 0.338 e. The van der Waals surface area contributed by atoms with Crippen LogP contribution < -0.4 is 10.6 Å². The van der Waals surface area contributed by atoms with Gasteiger partial charge >= 0.3 is 0 Å². The number of hydrogen-bond donors (Lipinski definition) is 1. The summed E-state index contributed by atoms with van der Waals surface area (Å²) in [7, 11) is 0. The van der Waals surface area contributed by atoms with E-state index in [1.54, 1.807) is 11.8 Å². The minimum absolute atomic E-state index is 0. The lowest BCUT2D eigenvalue weighted by Crippen LogP contribution is -2.49. The van der Waals surface area contributed by atoms with Crippen molar-refractivity contribution in [3.63, 3.8) is 0 Å². The second-order valence-corrected chi connectivity index (χ2v) is 8.10. The highest BCUT2D eigenvalue weighted by Gasteiger charge is 2.30. The standard InChI is InChI=1S/C19H27N3O2S.ClH/c1-14-8-9-21(15(12-14)13-20)18(23)6-7-19(24)22-10-11-25-17-5-3-2-4-16(17)22;/h2-5,14-15H,6-13,20H2,1H3;1H. The summed E-state index contributed by atoms with van der Waals surface area (Å²) in [6.45, 7) is 4.18. The number of nitrogens with zero attached hydrogens (tertiary/aromatic N) is 2. The first-order valence-electron chi connectivity index (χ1n) is 9.12. The van der Waals surface area contributed by atoms with Crippen molar-refractivity contribution in [2.75, 3.05) is 30.3 Å². The van der Waals surface area contributed by atoms with E-state index in [2.05, 4.69) is 6.92 Å². The molecule has 0 bridgehead atoms. The lowest BCUT2D eigenvalue weighted by atomic mass is 9.92. The van der Waals surface area contributed by atoms with E-state index < -0.39 is 0 Å². The molecule has 2 amide bonds. The summed E-state index contributed by atoms with van der Waals surface area (Å²) < 4.78 is 0. The van der Waals surface area contributed by atoms with E-state index in [1.165, 1.54) is 0 Å². The third-order valence-electron chi connectivity index (χ3n) is 5.15. The van der Waals surface area contributed by atoms with Gasteiger partial charge in [0.05, 0.1) is 5.69 Å². The molecule has 0 radical (unpaired) electrons. The zero-order valence-corrected chi connectivity index (χ0v) is 16.9. The third-order valence-corrected chi connectivity index (χ3v) is 6.20. The number of thioether (sulfide) groups is 1. The van der Waals surface area contributed by atoms with Gasteiger partial charge in [0.1, 0.15) is 0 Å². The minimum Gasteiger partial charge on any atom is -0.338 e. The van der Waals surface area contributed by atoms with Crippen LogP contribution in [0.5, 0.6) is 0 Å². The Kier molecular flexibility index (Phi) is 7.80. The van der Waals surface area contributed by atoms with Crippen LogP contribution in [0, 0.1) is 5.92 Å². The molecule has 2 heterocycles. The van der Waals surface area contributed by atoms with Crippen LogP contribution in [0.2, 0.25) is 0 Å². The highest BCUT2D eigenvalue weighted by atomic mass is 35.5. The number of nitrogens with two attached hydrogens (primary N) is 1. The fraction of sp³-hybridized carbons (Fsp3) is 0.579. The topological polar surface area (TPSA) is 66.6 Å². The van der Waals surface area contributed by atoms with Crippen molar-refractivity contribution in [1.29, 1.82) is 0 Å². The normalized spacial score (nSPS) is 22.4. The van der Waals surface area contributed by atoms with Gasteiger partial charge in [0, 0.05) is 49.2 Å². The molecule has 26 heavy (non-hydrogen) atoms. The van der Waals surface area contributed by atoms with E-state index in [1.807, 2.05) is 34.1 Å². The smallest absolute Gasteiger partial charge is 0.227 e. The second-order valence-electron chi connectivity index (χ2n) is 6.97. The van der Waals surface area contributed by atoms with Crippen molar-refractivity contribution in [2.24, 2.45) is 11.7 Å². The summed E-state index contributed by atoms with van der Waals surface area (Å²) in [5, 5.41) is 0. The minimum atomic E-state index is 0. The van der Waals surface area contributed by atoms with E-state index in [4.69, 9.17) is 5.73 Å². The van der Waals surface area contributed by atoms with Gasteiger partial charge in [-0.05, 0) is 30.9 Å². The molecule has 5 nitrogen and oxygen atoms in total. The number of anilines is 1. The second kappa shape index (κ2) is 9.62. The number of amides is 2. The molecule has 0 aliphatic carbocycles. The molecule has 1 aromatic carbocycles. The Hall–Kier alpha value is -1.24. The average Bonchev–Trinajstić information content (AvgIpc) is 2.65. The molecule has 1 saturated heterocycles. The van der Waals surface area contributed by atoms with Gasteiger partial charge in [-0.2, -0.15) is 0 Å². The molecular weight excluding hydrogens is 370 g/mol. The van der Waals surface area contributed by atoms with Crippen molar-refractivity contribution in [3.8, 4) is 0 Å². The van der Waals surface area contributed by atoms with E-state index in [0.717, 1.165) is 35.7 Å². The molecule has 1 fully saturated rings. The maximum Gasteiger partial charge on any atom is 0.227 e. The predicted octanol–water partition coefficient (Wildman–Crippen LogP) is 2.91. The quantitative estimate of drug-likeness (QED) is 0.848. The SMILES string of the molecule is CC1CCN(C(=O)CCC(=O)N2CCSc3ccccc32)C(CN)C1.Cl. The van der Waals surface area contributed by atoms with Crippen molar-refractivity contribution in [2.45, 2.75) is 43.5 Å². The lowest BCUT2D eigenvalue weighted by Gasteiger charge is -2.38. The molecule has 2 N–H and O–H groups in total. The number of para-hydroxylation sites is 1. The van der Waals surface area contributed by atoms with Gasteiger partial charge in [0.25, 0.3) is 0 Å². The van der Waals surface area contributed by atoms with Crippen molar-refractivity contribution in [1.82, 2.24) is 4.90 Å². The molecule has 1 aromatic rings. The van der Waals surface area contributed by atoms with Gasteiger partial charge in [0.2, 0.25) is 11.8 Å². The van der Waals surface area contributed by atoms with E-state index in [-0.39, 0.29) is 43.1 Å². The number of carbonyl (C=O) groups excluding carboxylic acids is 2. The molecule has 7 heteroatoms. The molecular formula is C19H28ClN3O2S. The fourth-order valence-electron chi connectivity index (χ4n) is 3.72. The molecule has 144 valence electrons. The first kappa shape index (κ1) is 21.1. The Morgan fingerprint density at radius 2 is 1.92 bits per heavy atom. The number of fused-ring (bicyclic) bond motifs is 1. The van der Waals surface area contributed by atoms with E-state index in [0.29, 0.717) is 19.0 Å². The van der Waals surface area contributed by atoms with Crippen LogP contribution in [0.1, 0.15) is 32.6 Å². The van der Waals surface area contributed by atoms with E-state index >= 15 is 0 Å². The number of hydrogen-bond acceptors (Lipinski definition) is 4. The predicted molar refractivity (Wildman–Crippen MR) is 109 cm³/mol. The van der Waals surface area contributed by atoms with E-state index in [9.17, 15) is 9.59 Å². The van der Waals surface area contributed by atoms with Crippen molar-refractivity contribution >= 4 is 41.7 Å². The number of benzene rings is 1. The van der Waals surface area contributed by atoms with Crippen LogP contribution in [0.4, 0.5) is 5.69 Å². The van der Waals surface area contributed by atoms with Crippen molar-refractivity contribution in [3.05, 3.63) is 24.3 Å². The molecule has 0 aromatic heterocycles. The summed E-state index contributed by atoms with van der Waals surface area (Å²) in [4.78, 5) is 30.1. The van der Waals surface area contributed by atoms with Gasteiger partial charge in [-0.25, -0.2) is 0 Å². The zero-order valence-electron chi connectivity index (χ0n) is 15.2. The molecule has 0 saturated carbocycles. The number of halogens is 1. The summed E-state index contributed by atoms with van der Waals surface area (Å²) >= 11 is 1.78. The molecule has 2 aliphatic rings. The summed E-state index contributed by atoms with van der Waals surface area (Å²) in [5.74, 6) is 1.61. The Morgan fingerprint density at radius 3 is 2.69 bits per heavy atom. The number of carbonyl (C=O) groups is 2. The maximum atomic E-state index is 12.7. The highest BCUT2D eigenvalue weighted by Crippen LogP contribution is 2.34. The Labute approximate surface area is 166 Å². The summed E-state index contributed by atoms with van der Waals surface area (Å²) in [5.41, 5.74) is 6.82. The highest BCUT2D eigenvalue weighted by molar-refractivity contribution is 7.99. The summed E-state index contributed by atoms with van der Waals surface area (Å²) in [6.07, 6.45) is 2.52. The molecule has 3 rings (SSSR count). The van der Waals surface area contributed by atoms with Crippen molar-refractivity contribution < 1.29 is 9.59 Å². The first-order valence-corrected chi connectivity index (χ1v) is 10.1. The van der Waals surface area contributed by atoms with Gasteiger partial charge in [-0.3, -0.25) is 9.59 Å². The van der Waals surface area contributed by atoms with Crippen LogP contribution in [0.25, 0.3) is 0 Å². The average molecular weight is 398 g/mol. The number of piperidine rings is 1. The monoisotopic (exact) mass is 397 g/mol. The lowest BCUT2D eigenvalue weighted by molar-refractivity contribution is -0.136. The molecule has 2 atom stereocenters. The van der Waals surface area contributed by atoms with Crippen LogP contribution in [-0.4, -0.2) is 48.1 Å². The Balaban J connectivity index is 0.00000243. The first-order chi connectivity index (χ1) is 12.1. The Morgan fingerprint density at radius 1 is 1.19 bits per heavy atom. The third kappa shape index (κ3) is 4.72. The van der Waals surface area contributed by atoms with Crippen LogP contribution in [0.3, 0.4) is 0 Å². The number of likely N-dealkylation sites (tertiary alicyclic amines) is 1. The van der Waals surface area contributed by atoms with Gasteiger partial charge < -0.3 is 15.5 Å². The van der Waals surface area contributed by atoms with Gasteiger partial charge in [-0.15, -0.1) is 24.2 Å². The van der Waals surface area contributed by atoms with Crippen LogP contribution >= 0.6 is 24.2 Å². The summed E-state index contributed by atoms with van der Waals surface area (Å²) in [6, 6.07) is 8.10. The maximum absolute atomic E-state index is 12.7. The van der Waals surface area contributed by atoms with Crippen LogP contribution in [-0.2, 0) is 9.59 Å². The molecule has 2 aliphatic heterocycles. The van der Waals surface area contributed by atoms with Gasteiger partial charge in [0.15, 0.2) is 0 Å².